The number of hydrogen-bond acceptors (Lipinski definition) is 5. The van der Waals surface area contributed by atoms with Crippen LogP contribution >= 0.6 is 0 Å². The van der Waals surface area contributed by atoms with Gasteiger partial charge in [-0.3, -0.25) is 0 Å². The molecule has 0 saturated heterocycles. The topological polar surface area (TPSA) is 64.1 Å². The van der Waals surface area contributed by atoms with Gasteiger partial charge in [0.15, 0.2) is 0 Å². The van der Waals surface area contributed by atoms with Crippen molar-refractivity contribution in [2.24, 2.45) is 0 Å². The van der Waals surface area contributed by atoms with Crippen LogP contribution in [0.5, 0.6) is 0 Å². The lowest BCUT2D eigenvalue weighted by Crippen LogP contribution is -2.07. The van der Waals surface area contributed by atoms with Crippen molar-refractivity contribution in [1.82, 2.24) is 9.97 Å². The van der Waals surface area contributed by atoms with Crippen LogP contribution in [0.4, 0.5) is 5.69 Å². The van der Waals surface area contributed by atoms with Crippen LogP contribution in [0, 0.1) is 0 Å². The second kappa shape index (κ2) is 8.52. The molecule has 4 aromatic rings. The highest BCUT2D eigenvalue weighted by molar-refractivity contribution is 5.89. The van der Waals surface area contributed by atoms with E-state index >= 15 is 0 Å². The molecule has 0 bridgehead atoms. The molecule has 29 heavy (non-hydrogen) atoms. The van der Waals surface area contributed by atoms with Gasteiger partial charge in [-0.25, -0.2) is 14.8 Å². The SMILES string of the molecule is CCOC(=O)c1ccc(NCc2nc3ccccc3nc2-c2ccccc2)cc1. The summed E-state index contributed by atoms with van der Waals surface area (Å²) in [5, 5.41) is 3.38. The minimum absolute atomic E-state index is 0.314. The second-order valence-corrected chi connectivity index (χ2v) is 6.53. The van der Waals surface area contributed by atoms with Crippen molar-refractivity contribution in [1.29, 1.82) is 0 Å². The molecule has 0 radical (unpaired) electrons. The highest BCUT2D eigenvalue weighted by Crippen LogP contribution is 2.24. The van der Waals surface area contributed by atoms with Crippen LogP contribution in [0.15, 0.2) is 78.9 Å². The molecular formula is C24H21N3O2. The number of rotatable bonds is 6. The number of fused-ring (bicyclic) bond motifs is 1. The number of esters is 1. The number of carbonyl (C=O) groups excluding carboxylic acids is 1. The molecule has 0 aliphatic rings. The Morgan fingerprint density at radius 3 is 2.21 bits per heavy atom. The first-order valence-electron chi connectivity index (χ1n) is 9.56. The van der Waals surface area contributed by atoms with Crippen molar-refractivity contribution in [3.8, 4) is 11.3 Å². The zero-order valence-electron chi connectivity index (χ0n) is 16.1. The van der Waals surface area contributed by atoms with Crippen molar-refractivity contribution < 1.29 is 9.53 Å². The van der Waals surface area contributed by atoms with Crippen molar-refractivity contribution >= 4 is 22.7 Å². The van der Waals surface area contributed by atoms with Crippen molar-refractivity contribution in [2.45, 2.75) is 13.5 Å². The number of benzene rings is 3. The maximum Gasteiger partial charge on any atom is 0.338 e. The van der Waals surface area contributed by atoms with Gasteiger partial charge in [-0.2, -0.15) is 0 Å². The van der Waals surface area contributed by atoms with E-state index in [1.54, 1.807) is 19.1 Å². The standard InChI is InChI=1S/C24H21N3O2/c1-2-29-24(28)18-12-14-19(15-13-18)25-16-22-23(17-8-4-3-5-9-17)27-21-11-7-6-10-20(21)26-22/h3-15,25H,2,16H2,1H3. The molecule has 0 saturated carbocycles. The first kappa shape index (κ1) is 18.6. The third kappa shape index (κ3) is 4.24. The average Bonchev–Trinajstić information content (AvgIpc) is 2.78. The largest absolute Gasteiger partial charge is 0.462 e. The molecule has 3 aromatic carbocycles. The second-order valence-electron chi connectivity index (χ2n) is 6.53. The summed E-state index contributed by atoms with van der Waals surface area (Å²) in [5.74, 6) is -0.314. The van der Waals surface area contributed by atoms with Crippen LogP contribution in [0.3, 0.4) is 0 Å². The molecule has 0 unspecified atom stereocenters. The fraction of sp³-hybridized carbons (Fsp3) is 0.125. The minimum Gasteiger partial charge on any atom is -0.462 e. The van der Waals surface area contributed by atoms with E-state index in [-0.39, 0.29) is 5.97 Å². The zero-order valence-corrected chi connectivity index (χ0v) is 16.1. The monoisotopic (exact) mass is 383 g/mol. The molecule has 1 N–H and O–H groups in total. The van der Waals surface area contributed by atoms with Gasteiger partial charge in [-0.1, -0.05) is 42.5 Å². The van der Waals surface area contributed by atoms with E-state index in [2.05, 4.69) is 5.32 Å². The summed E-state index contributed by atoms with van der Waals surface area (Å²) in [6.07, 6.45) is 0. The van der Waals surface area contributed by atoms with Crippen molar-refractivity contribution in [2.75, 3.05) is 11.9 Å². The van der Waals surface area contributed by atoms with E-state index in [0.717, 1.165) is 33.7 Å². The fourth-order valence-electron chi connectivity index (χ4n) is 3.11. The third-order valence-electron chi connectivity index (χ3n) is 4.55. The highest BCUT2D eigenvalue weighted by Gasteiger charge is 2.11. The summed E-state index contributed by atoms with van der Waals surface area (Å²) >= 11 is 0. The van der Waals surface area contributed by atoms with Crippen LogP contribution < -0.4 is 5.32 Å². The van der Waals surface area contributed by atoms with Crippen LogP contribution in [-0.4, -0.2) is 22.5 Å². The van der Waals surface area contributed by atoms with E-state index in [4.69, 9.17) is 14.7 Å². The summed E-state index contributed by atoms with van der Waals surface area (Å²) < 4.78 is 5.03. The molecule has 0 atom stereocenters. The molecule has 0 aliphatic carbocycles. The van der Waals surface area contributed by atoms with Crippen molar-refractivity contribution in [3.63, 3.8) is 0 Å². The minimum atomic E-state index is -0.314. The molecule has 5 nitrogen and oxygen atoms in total. The first-order chi connectivity index (χ1) is 14.2. The number of hydrogen-bond donors (Lipinski definition) is 1. The molecule has 4 rings (SSSR count). The third-order valence-corrected chi connectivity index (χ3v) is 4.55. The normalized spacial score (nSPS) is 10.7. The number of nitrogens with one attached hydrogen (secondary N) is 1. The summed E-state index contributed by atoms with van der Waals surface area (Å²) in [7, 11) is 0. The molecule has 144 valence electrons. The molecule has 0 amide bonds. The van der Waals surface area contributed by atoms with Crippen LogP contribution in [0.2, 0.25) is 0 Å². The molecule has 0 aliphatic heterocycles. The van der Waals surface area contributed by atoms with Gasteiger partial charge in [-0.05, 0) is 43.3 Å². The predicted molar refractivity (Wildman–Crippen MR) is 115 cm³/mol. The maximum absolute atomic E-state index is 11.8. The Labute approximate surface area is 169 Å². The number of carbonyl (C=O) groups is 1. The van der Waals surface area contributed by atoms with Crippen LogP contribution in [-0.2, 0) is 11.3 Å². The van der Waals surface area contributed by atoms with Gasteiger partial charge in [-0.15, -0.1) is 0 Å². The summed E-state index contributed by atoms with van der Waals surface area (Å²) in [5.41, 5.74) is 5.92. The first-order valence-corrected chi connectivity index (χ1v) is 9.56. The van der Waals surface area contributed by atoms with Gasteiger partial charge in [0.2, 0.25) is 0 Å². The molecule has 0 fully saturated rings. The molecule has 0 spiro atoms. The lowest BCUT2D eigenvalue weighted by Gasteiger charge is -2.12. The Bertz CT molecular complexity index is 1130. The maximum atomic E-state index is 11.8. The van der Waals surface area contributed by atoms with Gasteiger partial charge in [0.1, 0.15) is 0 Å². The number of anilines is 1. The summed E-state index contributed by atoms with van der Waals surface area (Å²) in [4.78, 5) is 21.5. The van der Waals surface area contributed by atoms with Gasteiger partial charge in [0, 0.05) is 11.3 Å². The average molecular weight is 383 g/mol. The van der Waals surface area contributed by atoms with E-state index in [0.29, 0.717) is 18.7 Å². The fourth-order valence-corrected chi connectivity index (χ4v) is 3.11. The molecular weight excluding hydrogens is 362 g/mol. The Kier molecular flexibility index (Phi) is 5.47. The Morgan fingerprint density at radius 1 is 0.862 bits per heavy atom. The smallest absolute Gasteiger partial charge is 0.338 e. The molecule has 1 heterocycles. The van der Waals surface area contributed by atoms with Gasteiger partial charge in [0.25, 0.3) is 0 Å². The lowest BCUT2D eigenvalue weighted by molar-refractivity contribution is 0.0526. The van der Waals surface area contributed by atoms with Crippen molar-refractivity contribution in [3.05, 3.63) is 90.1 Å². The van der Waals surface area contributed by atoms with Gasteiger partial charge in [0.05, 0.1) is 41.1 Å². The van der Waals surface area contributed by atoms with E-state index in [1.807, 2.05) is 66.7 Å². The van der Waals surface area contributed by atoms with Crippen LogP contribution in [0.1, 0.15) is 23.0 Å². The summed E-state index contributed by atoms with van der Waals surface area (Å²) in [6, 6.07) is 25.2. The van der Waals surface area contributed by atoms with Gasteiger partial charge < -0.3 is 10.1 Å². The highest BCUT2D eigenvalue weighted by atomic mass is 16.5. The number of nitrogens with zero attached hydrogens (tertiary/aromatic N) is 2. The Hall–Kier alpha value is -3.73. The number of ether oxygens (including phenoxy) is 1. The Balaban J connectivity index is 1.61. The lowest BCUT2D eigenvalue weighted by atomic mass is 10.1. The number of para-hydroxylation sites is 2. The summed E-state index contributed by atoms with van der Waals surface area (Å²) in [6.45, 7) is 2.67. The quantitative estimate of drug-likeness (QED) is 0.470. The predicted octanol–water partition coefficient (Wildman–Crippen LogP) is 5.09. The molecule has 5 heteroatoms. The molecule has 1 aromatic heterocycles. The van der Waals surface area contributed by atoms with Crippen LogP contribution in [0.25, 0.3) is 22.3 Å². The number of aromatic nitrogens is 2. The van der Waals surface area contributed by atoms with Gasteiger partial charge >= 0.3 is 5.97 Å². The Morgan fingerprint density at radius 2 is 1.52 bits per heavy atom. The zero-order chi connectivity index (χ0) is 20.1. The van der Waals surface area contributed by atoms with E-state index < -0.39 is 0 Å². The van der Waals surface area contributed by atoms with E-state index in [9.17, 15) is 4.79 Å². The van der Waals surface area contributed by atoms with E-state index in [1.165, 1.54) is 0 Å².